The Hall–Kier alpha value is -2.45. The Labute approximate surface area is 192 Å². The van der Waals surface area contributed by atoms with Gasteiger partial charge in [-0.1, -0.05) is 94.4 Å². The summed E-state index contributed by atoms with van der Waals surface area (Å²) in [6.07, 6.45) is 0. The summed E-state index contributed by atoms with van der Waals surface area (Å²) < 4.78 is 0. The first-order valence-electron chi connectivity index (χ1n) is 11.3. The molecule has 1 aliphatic heterocycles. The summed E-state index contributed by atoms with van der Waals surface area (Å²) in [5.74, 6) is 1.85. The molecule has 4 rings (SSSR count). The van der Waals surface area contributed by atoms with Crippen molar-refractivity contribution in [2.45, 2.75) is 53.4 Å². The van der Waals surface area contributed by atoms with E-state index < -0.39 is 0 Å². The maximum Gasteiger partial charge on any atom is 0.0729 e. The van der Waals surface area contributed by atoms with Crippen molar-refractivity contribution < 1.29 is 0 Å². The molecule has 3 aromatic carbocycles. The predicted octanol–water partition coefficient (Wildman–Crippen LogP) is 9.03. The van der Waals surface area contributed by atoms with Crippen molar-refractivity contribution in [1.82, 2.24) is 0 Å². The van der Waals surface area contributed by atoms with Gasteiger partial charge in [-0.25, -0.2) is 0 Å². The Morgan fingerprint density at radius 3 is 1.52 bits per heavy atom. The molecular formula is C29H33NS. The van der Waals surface area contributed by atoms with Crippen LogP contribution in [0.15, 0.2) is 77.3 Å². The number of allylic oxidation sites excluding steroid dienone is 2. The lowest BCUT2D eigenvalue weighted by atomic mass is 9.81. The van der Waals surface area contributed by atoms with Crippen LogP contribution in [0.1, 0.15) is 64.5 Å². The van der Waals surface area contributed by atoms with Crippen molar-refractivity contribution >= 4 is 17.4 Å². The van der Waals surface area contributed by atoms with Crippen LogP contribution in [0.4, 0.5) is 5.69 Å². The maximum absolute atomic E-state index is 2.56. The minimum Gasteiger partial charge on any atom is -0.333 e. The molecule has 0 amide bonds. The van der Waals surface area contributed by atoms with Crippen molar-refractivity contribution in [2.75, 3.05) is 10.8 Å². The van der Waals surface area contributed by atoms with E-state index in [0.717, 1.165) is 5.88 Å². The van der Waals surface area contributed by atoms with Gasteiger partial charge in [0.05, 0.1) is 11.6 Å². The Kier molecular flexibility index (Phi) is 6.29. The van der Waals surface area contributed by atoms with E-state index in [1.165, 1.54) is 49.7 Å². The molecule has 0 unspecified atom stereocenters. The van der Waals surface area contributed by atoms with E-state index in [2.05, 4.69) is 113 Å². The third-order valence-electron chi connectivity index (χ3n) is 6.33. The van der Waals surface area contributed by atoms with Gasteiger partial charge in [0.15, 0.2) is 0 Å². The summed E-state index contributed by atoms with van der Waals surface area (Å²) in [4.78, 5) is 3.97. The first-order chi connectivity index (χ1) is 14.9. The van der Waals surface area contributed by atoms with E-state index in [1.807, 2.05) is 11.8 Å². The molecule has 0 saturated heterocycles. The summed E-state index contributed by atoms with van der Waals surface area (Å²) in [6, 6.07) is 24.4. The van der Waals surface area contributed by atoms with Gasteiger partial charge in [0.25, 0.3) is 0 Å². The maximum atomic E-state index is 2.56. The minimum absolute atomic E-state index is 0.442. The second-order valence-electron chi connectivity index (χ2n) is 9.04. The van der Waals surface area contributed by atoms with Crippen molar-refractivity contribution in [3.05, 3.63) is 88.5 Å². The molecule has 0 spiro atoms. The van der Waals surface area contributed by atoms with Gasteiger partial charge in [-0.3, -0.25) is 0 Å². The molecule has 160 valence electrons. The number of rotatable bonds is 5. The van der Waals surface area contributed by atoms with Crippen LogP contribution >= 0.6 is 11.8 Å². The van der Waals surface area contributed by atoms with Crippen LogP contribution in [-0.2, 0) is 0 Å². The lowest BCUT2D eigenvalue weighted by Gasteiger charge is -2.32. The van der Waals surface area contributed by atoms with Gasteiger partial charge in [0, 0.05) is 21.7 Å². The number of hydrogen-bond donors (Lipinski definition) is 0. The highest BCUT2D eigenvalue weighted by atomic mass is 32.2. The molecule has 0 bridgehead atoms. The van der Waals surface area contributed by atoms with Crippen LogP contribution in [-0.4, -0.2) is 5.88 Å². The van der Waals surface area contributed by atoms with E-state index in [0.29, 0.717) is 11.8 Å². The van der Waals surface area contributed by atoms with Crippen molar-refractivity contribution in [3.63, 3.8) is 0 Å². The Balaban J connectivity index is 2.18. The summed E-state index contributed by atoms with van der Waals surface area (Å²) in [7, 11) is 0. The Bertz CT molecular complexity index is 1020. The number of thioether (sulfide) groups is 1. The van der Waals surface area contributed by atoms with Crippen LogP contribution in [0.3, 0.4) is 0 Å². The minimum atomic E-state index is 0.442. The molecule has 0 fully saturated rings. The highest BCUT2D eigenvalue weighted by Crippen LogP contribution is 2.51. The summed E-state index contributed by atoms with van der Waals surface area (Å²) in [6.45, 7) is 13.8. The van der Waals surface area contributed by atoms with Gasteiger partial charge >= 0.3 is 0 Å². The topological polar surface area (TPSA) is 3.24 Å². The molecule has 2 heteroatoms. The molecule has 31 heavy (non-hydrogen) atoms. The lowest BCUT2D eigenvalue weighted by molar-refractivity contribution is 0.835. The van der Waals surface area contributed by atoms with Crippen LogP contribution in [0.25, 0.3) is 22.3 Å². The zero-order valence-corrected chi connectivity index (χ0v) is 20.4. The highest BCUT2D eigenvalue weighted by molar-refractivity contribution is 8.03. The van der Waals surface area contributed by atoms with Crippen molar-refractivity contribution in [1.29, 1.82) is 0 Å². The highest BCUT2D eigenvalue weighted by Gasteiger charge is 2.29. The molecule has 1 nitrogen and oxygen atoms in total. The van der Waals surface area contributed by atoms with Crippen LogP contribution in [0.2, 0.25) is 0 Å². The molecule has 0 saturated carbocycles. The average molecular weight is 428 g/mol. The quantitative estimate of drug-likeness (QED) is 0.399. The van der Waals surface area contributed by atoms with E-state index in [-0.39, 0.29) is 0 Å². The molecule has 0 aromatic heterocycles. The standard InChI is InChI=1S/C29H33NS/c1-19(2)25-17-26(20(3)4)28(24-15-11-8-12-16-24)29(30-18-31-22(6)21(30)5)27(25)23-13-9-7-10-14-23/h7-17,19-20H,18H2,1-6H3. The fourth-order valence-electron chi connectivity index (χ4n) is 4.49. The third kappa shape index (κ3) is 4.06. The average Bonchev–Trinajstić information content (AvgIpc) is 3.11. The number of anilines is 1. The zero-order chi connectivity index (χ0) is 22.1. The molecule has 0 N–H and O–H groups in total. The summed E-state index contributed by atoms with van der Waals surface area (Å²) >= 11 is 1.95. The molecule has 3 aromatic rings. The van der Waals surface area contributed by atoms with Gasteiger partial charge in [-0.2, -0.15) is 0 Å². The smallest absolute Gasteiger partial charge is 0.0729 e. The van der Waals surface area contributed by atoms with E-state index >= 15 is 0 Å². The van der Waals surface area contributed by atoms with Crippen LogP contribution < -0.4 is 4.90 Å². The SMILES string of the molecule is CC1=C(C)N(c2c(-c3ccccc3)c(C(C)C)cc(C(C)C)c2-c2ccccc2)CS1. The molecule has 0 radical (unpaired) electrons. The second-order valence-corrected chi connectivity index (χ2v) is 10.2. The molecule has 1 heterocycles. The number of benzene rings is 3. The first-order valence-corrected chi connectivity index (χ1v) is 12.3. The Morgan fingerprint density at radius 2 is 1.16 bits per heavy atom. The lowest BCUT2D eigenvalue weighted by Crippen LogP contribution is -2.20. The van der Waals surface area contributed by atoms with E-state index in [1.54, 1.807) is 0 Å². The van der Waals surface area contributed by atoms with Gasteiger partial charge in [-0.05, 0) is 47.9 Å². The largest absolute Gasteiger partial charge is 0.333 e. The van der Waals surface area contributed by atoms with Crippen molar-refractivity contribution in [2.24, 2.45) is 0 Å². The Morgan fingerprint density at radius 1 is 0.710 bits per heavy atom. The fourth-order valence-corrected chi connectivity index (χ4v) is 5.46. The predicted molar refractivity (Wildman–Crippen MR) is 139 cm³/mol. The zero-order valence-electron chi connectivity index (χ0n) is 19.6. The van der Waals surface area contributed by atoms with E-state index in [4.69, 9.17) is 0 Å². The fraction of sp³-hybridized carbons (Fsp3) is 0.310. The van der Waals surface area contributed by atoms with Gasteiger partial charge in [-0.15, -0.1) is 11.8 Å². The molecular weight excluding hydrogens is 394 g/mol. The van der Waals surface area contributed by atoms with Crippen LogP contribution in [0.5, 0.6) is 0 Å². The second kappa shape index (κ2) is 8.96. The third-order valence-corrected chi connectivity index (χ3v) is 7.44. The number of nitrogens with zero attached hydrogens (tertiary/aromatic N) is 1. The molecule has 0 aliphatic carbocycles. The molecule has 0 atom stereocenters. The first kappa shape index (κ1) is 21.8. The van der Waals surface area contributed by atoms with Gasteiger partial charge < -0.3 is 4.90 Å². The molecule has 1 aliphatic rings. The summed E-state index contributed by atoms with van der Waals surface area (Å²) in [5.41, 5.74) is 11.0. The monoisotopic (exact) mass is 427 g/mol. The normalized spacial score (nSPS) is 14.3. The summed E-state index contributed by atoms with van der Waals surface area (Å²) in [5, 5.41) is 0. The van der Waals surface area contributed by atoms with Gasteiger partial charge in [0.1, 0.15) is 0 Å². The number of hydrogen-bond acceptors (Lipinski definition) is 2. The van der Waals surface area contributed by atoms with Gasteiger partial charge in [0.2, 0.25) is 0 Å². The van der Waals surface area contributed by atoms with E-state index in [9.17, 15) is 0 Å². The van der Waals surface area contributed by atoms with Crippen LogP contribution in [0, 0.1) is 0 Å². The van der Waals surface area contributed by atoms with Crippen molar-refractivity contribution in [3.8, 4) is 22.3 Å².